The maximum atomic E-state index is 9.20. The smallest absolute Gasteiger partial charge is 0.0670 e. The number of hydrogen-bond acceptors (Lipinski definition) is 3. The molecule has 12 heavy (non-hydrogen) atoms. The average Bonchev–Trinajstić information content (AvgIpc) is 2.05. The van der Waals surface area contributed by atoms with E-state index in [1.165, 1.54) is 0 Å². The maximum Gasteiger partial charge on any atom is 0.0670 e. The quantitative estimate of drug-likeness (QED) is 0.632. The van der Waals surface area contributed by atoms with Crippen molar-refractivity contribution < 1.29 is 10.2 Å². The minimum atomic E-state index is -0.355. The lowest BCUT2D eigenvalue weighted by molar-refractivity contribution is -0.0717. The highest BCUT2D eigenvalue weighted by molar-refractivity contribution is 4.94. The van der Waals surface area contributed by atoms with E-state index in [0.29, 0.717) is 5.92 Å². The van der Waals surface area contributed by atoms with Crippen LogP contribution in [0.3, 0.4) is 0 Å². The van der Waals surface area contributed by atoms with Gasteiger partial charge in [0.1, 0.15) is 0 Å². The molecule has 2 N–H and O–H groups in total. The number of rotatable bonds is 4. The van der Waals surface area contributed by atoms with Crippen LogP contribution in [0, 0.1) is 5.92 Å². The fourth-order valence-electron chi connectivity index (χ4n) is 1.78. The summed E-state index contributed by atoms with van der Waals surface area (Å²) in [5, 5.41) is 18.4. The lowest BCUT2D eigenvalue weighted by atomic mass is 9.88. The Morgan fingerprint density at radius 3 is 2.08 bits per heavy atom. The van der Waals surface area contributed by atoms with Gasteiger partial charge in [-0.2, -0.15) is 0 Å². The molecule has 1 heterocycles. The number of aliphatic hydroxyl groups excluding tert-OH is 2. The van der Waals surface area contributed by atoms with Crippen LogP contribution in [0.15, 0.2) is 0 Å². The van der Waals surface area contributed by atoms with Gasteiger partial charge in [0.2, 0.25) is 0 Å². The molecule has 0 bridgehead atoms. The van der Waals surface area contributed by atoms with Crippen LogP contribution in [-0.4, -0.2) is 47.0 Å². The Kier molecular flexibility index (Phi) is 3.09. The molecule has 1 rings (SSSR count). The Morgan fingerprint density at radius 2 is 1.83 bits per heavy atom. The van der Waals surface area contributed by atoms with Crippen molar-refractivity contribution >= 4 is 0 Å². The molecule has 1 aliphatic heterocycles. The third-order valence-electron chi connectivity index (χ3n) is 2.98. The van der Waals surface area contributed by atoms with E-state index in [1.807, 2.05) is 6.92 Å². The zero-order chi connectivity index (χ0) is 9.19. The zero-order valence-electron chi connectivity index (χ0n) is 7.95. The monoisotopic (exact) mass is 173 g/mol. The van der Waals surface area contributed by atoms with Crippen LogP contribution in [-0.2, 0) is 0 Å². The molecule has 0 aromatic carbocycles. The van der Waals surface area contributed by atoms with Crippen molar-refractivity contribution in [2.75, 3.05) is 26.3 Å². The van der Waals surface area contributed by atoms with Crippen LogP contribution in [0.4, 0.5) is 0 Å². The molecule has 3 heteroatoms. The van der Waals surface area contributed by atoms with Gasteiger partial charge in [-0.15, -0.1) is 0 Å². The lowest BCUT2D eigenvalue weighted by Crippen LogP contribution is -2.62. The number of likely N-dealkylation sites (tertiary alicyclic amines) is 1. The second kappa shape index (κ2) is 3.73. The Balaban J connectivity index is 2.53. The summed E-state index contributed by atoms with van der Waals surface area (Å²) in [7, 11) is 0. The largest absolute Gasteiger partial charge is 0.394 e. The molecule has 0 atom stereocenters. The summed E-state index contributed by atoms with van der Waals surface area (Å²) in [6.07, 6.45) is 0.812. The van der Waals surface area contributed by atoms with Crippen LogP contribution in [0.1, 0.15) is 20.3 Å². The van der Waals surface area contributed by atoms with Crippen molar-refractivity contribution in [2.24, 2.45) is 5.92 Å². The molecule has 1 fully saturated rings. The molecule has 3 nitrogen and oxygen atoms in total. The van der Waals surface area contributed by atoms with Gasteiger partial charge >= 0.3 is 0 Å². The van der Waals surface area contributed by atoms with E-state index in [4.69, 9.17) is 0 Å². The molecule has 0 radical (unpaired) electrons. The SMILES string of the molecule is CCC(CO)(CO)N1CC(C)C1. The first kappa shape index (κ1) is 9.96. The molecular formula is C9H19NO2. The van der Waals surface area contributed by atoms with Crippen molar-refractivity contribution in [3.05, 3.63) is 0 Å². The minimum absolute atomic E-state index is 0.0622. The van der Waals surface area contributed by atoms with Crippen molar-refractivity contribution in [3.63, 3.8) is 0 Å². The van der Waals surface area contributed by atoms with Crippen molar-refractivity contribution in [1.82, 2.24) is 4.90 Å². The Morgan fingerprint density at radius 1 is 1.33 bits per heavy atom. The molecule has 0 saturated carbocycles. The second-order valence-corrected chi connectivity index (χ2v) is 3.90. The highest BCUT2D eigenvalue weighted by atomic mass is 16.3. The van der Waals surface area contributed by atoms with E-state index in [-0.39, 0.29) is 18.8 Å². The number of nitrogens with zero attached hydrogens (tertiary/aromatic N) is 1. The third-order valence-corrected chi connectivity index (χ3v) is 2.98. The Bertz CT molecular complexity index is 131. The lowest BCUT2D eigenvalue weighted by Gasteiger charge is -2.49. The predicted octanol–water partition coefficient (Wildman–Crippen LogP) is 0.0715. The highest BCUT2D eigenvalue weighted by Gasteiger charge is 2.39. The van der Waals surface area contributed by atoms with E-state index in [2.05, 4.69) is 11.8 Å². The summed E-state index contributed by atoms with van der Waals surface area (Å²) >= 11 is 0. The van der Waals surface area contributed by atoms with Crippen LogP contribution in [0.2, 0.25) is 0 Å². The summed E-state index contributed by atoms with van der Waals surface area (Å²) in [5.74, 6) is 0.717. The first-order valence-corrected chi connectivity index (χ1v) is 4.65. The molecule has 0 spiro atoms. The second-order valence-electron chi connectivity index (χ2n) is 3.90. The fourth-order valence-corrected chi connectivity index (χ4v) is 1.78. The topological polar surface area (TPSA) is 43.7 Å². The minimum Gasteiger partial charge on any atom is -0.394 e. The van der Waals surface area contributed by atoms with Gasteiger partial charge in [-0.1, -0.05) is 13.8 Å². The maximum absolute atomic E-state index is 9.20. The van der Waals surface area contributed by atoms with Crippen molar-refractivity contribution in [1.29, 1.82) is 0 Å². The Hall–Kier alpha value is -0.120. The van der Waals surface area contributed by atoms with E-state index in [9.17, 15) is 10.2 Å². The first-order valence-electron chi connectivity index (χ1n) is 4.65. The normalized spacial score (nSPS) is 21.0. The van der Waals surface area contributed by atoms with Crippen LogP contribution >= 0.6 is 0 Å². The van der Waals surface area contributed by atoms with Crippen LogP contribution < -0.4 is 0 Å². The van der Waals surface area contributed by atoms with Crippen LogP contribution in [0.5, 0.6) is 0 Å². The van der Waals surface area contributed by atoms with Gasteiger partial charge < -0.3 is 10.2 Å². The van der Waals surface area contributed by atoms with Gasteiger partial charge in [-0.25, -0.2) is 0 Å². The summed E-state index contributed by atoms with van der Waals surface area (Å²) in [5.41, 5.74) is -0.355. The zero-order valence-corrected chi connectivity index (χ0v) is 7.95. The van der Waals surface area contributed by atoms with Crippen molar-refractivity contribution in [3.8, 4) is 0 Å². The molecule has 0 aliphatic carbocycles. The predicted molar refractivity (Wildman–Crippen MR) is 47.9 cm³/mol. The molecule has 0 amide bonds. The van der Waals surface area contributed by atoms with Gasteiger partial charge in [0.15, 0.2) is 0 Å². The van der Waals surface area contributed by atoms with E-state index in [0.717, 1.165) is 19.5 Å². The van der Waals surface area contributed by atoms with Crippen molar-refractivity contribution in [2.45, 2.75) is 25.8 Å². The molecule has 0 unspecified atom stereocenters. The summed E-state index contributed by atoms with van der Waals surface area (Å²) in [6.45, 7) is 6.34. The molecular weight excluding hydrogens is 154 g/mol. The van der Waals surface area contributed by atoms with E-state index >= 15 is 0 Å². The van der Waals surface area contributed by atoms with Crippen LogP contribution in [0.25, 0.3) is 0 Å². The number of aliphatic hydroxyl groups is 2. The summed E-state index contributed by atoms with van der Waals surface area (Å²) < 4.78 is 0. The van der Waals surface area contributed by atoms with Gasteiger partial charge in [0.05, 0.1) is 18.8 Å². The first-order chi connectivity index (χ1) is 5.68. The number of hydrogen-bond donors (Lipinski definition) is 2. The fraction of sp³-hybridized carbons (Fsp3) is 1.00. The standard InChI is InChI=1S/C9H19NO2/c1-3-9(6-11,7-12)10-4-8(2)5-10/h8,11-12H,3-7H2,1-2H3. The van der Waals surface area contributed by atoms with Gasteiger partial charge in [-0.05, 0) is 12.3 Å². The van der Waals surface area contributed by atoms with Gasteiger partial charge in [0, 0.05) is 13.1 Å². The van der Waals surface area contributed by atoms with Gasteiger partial charge in [0.25, 0.3) is 0 Å². The summed E-state index contributed by atoms with van der Waals surface area (Å²) in [4.78, 5) is 2.18. The molecule has 0 aromatic heterocycles. The van der Waals surface area contributed by atoms with E-state index in [1.54, 1.807) is 0 Å². The highest BCUT2D eigenvalue weighted by Crippen LogP contribution is 2.27. The molecule has 1 saturated heterocycles. The summed E-state index contributed by atoms with van der Waals surface area (Å²) in [6, 6.07) is 0. The Labute approximate surface area is 74.0 Å². The van der Waals surface area contributed by atoms with Gasteiger partial charge in [-0.3, -0.25) is 4.90 Å². The third kappa shape index (κ3) is 1.49. The molecule has 1 aliphatic rings. The molecule has 0 aromatic rings. The average molecular weight is 173 g/mol. The van der Waals surface area contributed by atoms with E-state index < -0.39 is 0 Å². The molecule has 72 valence electrons.